The number of hydrogen-bond acceptors (Lipinski definition) is 3. The molecule has 2 rings (SSSR count). The molecule has 1 aliphatic heterocycles. The van der Waals surface area contributed by atoms with Gasteiger partial charge in [0.05, 0.1) is 17.3 Å². The van der Waals surface area contributed by atoms with Crippen LogP contribution in [0.3, 0.4) is 0 Å². The molecular formula is C11H17N3O2. The Balaban J connectivity index is 1.91. The summed E-state index contributed by atoms with van der Waals surface area (Å²) in [6.07, 6.45) is 0.936. The standard InChI is InChI=1S/C11H17N3O2/c1-3-9-4-10(13(2)12-9)7-14-5-8(6-14)11(15)16/h4,8H,3,5-7H2,1-2H3,(H,15,16). The maximum absolute atomic E-state index is 10.7. The number of likely N-dealkylation sites (tertiary alicyclic amines) is 1. The molecule has 2 heterocycles. The van der Waals surface area contributed by atoms with Crippen molar-refractivity contribution in [2.75, 3.05) is 13.1 Å². The second-order valence-electron chi connectivity index (χ2n) is 4.33. The summed E-state index contributed by atoms with van der Waals surface area (Å²) in [6.45, 7) is 4.19. The van der Waals surface area contributed by atoms with Crippen LogP contribution in [0.2, 0.25) is 0 Å². The van der Waals surface area contributed by atoms with Crippen molar-refractivity contribution >= 4 is 5.97 Å². The number of nitrogens with zero attached hydrogens (tertiary/aromatic N) is 3. The summed E-state index contributed by atoms with van der Waals surface area (Å²) in [6, 6.07) is 2.09. The van der Waals surface area contributed by atoms with Crippen LogP contribution < -0.4 is 0 Å². The third-order valence-electron chi connectivity index (χ3n) is 3.08. The third-order valence-corrected chi connectivity index (χ3v) is 3.08. The van der Waals surface area contributed by atoms with Crippen molar-refractivity contribution in [3.8, 4) is 0 Å². The summed E-state index contributed by atoms with van der Waals surface area (Å²) >= 11 is 0. The van der Waals surface area contributed by atoms with Gasteiger partial charge in [-0.05, 0) is 12.5 Å². The third kappa shape index (κ3) is 2.09. The maximum atomic E-state index is 10.7. The van der Waals surface area contributed by atoms with Gasteiger partial charge in [-0.25, -0.2) is 0 Å². The number of aromatic nitrogens is 2. The van der Waals surface area contributed by atoms with Crippen molar-refractivity contribution in [3.63, 3.8) is 0 Å². The van der Waals surface area contributed by atoms with Gasteiger partial charge >= 0.3 is 5.97 Å². The highest BCUT2D eigenvalue weighted by Gasteiger charge is 2.32. The van der Waals surface area contributed by atoms with Gasteiger partial charge in [0.2, 0.25) is 0 Å². The highest BCUT2D eigenvalue weighted by molar-refractivity contribution is 5.71. The van der Waals surface area contributed by atoms with Gasteiger partial charge < -0.3 is 5.11 Å². The molecule has 1 N–H and O–H groups in total. The van der Waals surface area contributed by atoms with Crippen LogP contribution in [0.1, 0.15) is 18.3 Å². The minimum atomic E-state index is -0.685. The molecule has 0 amide bonds. The Bertz CT molecular complexity index is 394. The Kier molecular flexibility index (Phi) is 2.96. The van der Waals surface area contributed by atoms with Crippen molar-refractivity contribution in [2.45, 2.75) is 19.9 Å². The molecule has 0 aliphatic carbocycles. The smallest absolute Gasteiger partial charge is 0.309 e. The minimum Gasteiger partial charge on any atom is -0.481 e. The van der Waals surface area contributed by atoms with E-state index in [0.717, 1.165) is 24.4 Å². The molecule has 88 valence electrons. The Hall–Kier alpha value is -1.36. The van der Waals surface area contributed by atoms with E-state index in [4.69, 9.17) is 5.11 Å². The van der Waals surface area contributed by atoms with Crippen LogP contribution in [-0.4, -0.2) is 38.8 Å². The molecule has 5 nitrogen and oxygen atoms in total. The van der Waals surface area contributed by atoms with E-state index in [-0.39, 0.29) is 5.92 Å². The molecule has 1 aromatic heterocycles. The van der Waals surface area contributed by atoms with Gasteiger partial charge in [0.15, 0.2) is 0 Å². The lowest BCUT2D eigenvalue weighted by atomic mass is 10.0. The lowest BCUT2D eigenvalue weighted by molar-refractivity contribution is -0.147. The summed E-state index contributed by atoms with van der Waals surface area (Å²) in [5, 5.41) is 13.1. The average Bonchev–Trinajstić information content (AvgIpc) is 2.51. The van der Waals surface area contributed by atoms with E-state index in [9.17, 15) is 4.79 Å². The lowest BCUT2D eigenvalue weighted by Crippen LogP contribution is -2.49. The Morgan fingerprint density at radius 2 is 2.31 bits per heavy atom. The van der Waals surface area contributed by atoms with Crippen LogP contribution in [0.15, 0.2) is 6.07 Å². The molecule has 5 heteroatoms. The van der Waals surface area contributed by atoms with Crippen LogP contribution >= 0.6 is 0 Å². The normalized spacial score (nSPS) is 17.4. The Morgan fingerprint density at radius 1 is 1.62 bits per heavy atom. The molecule has 0 radical (unpaired) electrons. The number of aliphatic carboxylic acids is 1. The first-order valence-corrected chi connectivity index (χ1v) is 5.57. The highest BCUT2D eigenvalue weighted by Crippen LogP contribution is 2.18. The molecule has 0 spiro atoms. The van der Waals surface area contributed by atoms with Crippen LogP contribution in [0.5, 0.6) is 0 Å². The monoisotopic (exact) mass is 223 g/mol. The SMILES string of the molecule is CCc1cc(CN2CC(C(=O)O)C2)n(C)n1. The van der Waals surface area contributed by atoms with Crippen LogP contribution in [0.4, 0.5) is 0 Å². The van der Waals surface area contributed by atoms with Crippen molar-refractivity contribution in [1.82, 2.24) is 14.7 Å². The van der Waals surface area contributed by atoms with Crippen LogP contribution in [0, 0.1) is 5.92 Å². The fraction of sp³-hybridized carbons (Fsp3) is 0.636. The second kappa shape index (κ2) is 4.25. The topological polar surface area (TPSA) is 58.4 Å². The first-order valence-electron chi connectivity index (χ1n) is 5.57. The van der Waals surface area contributed by atoms with Crippen molar-refractivity contribution in [2.24, 2.45) is 13.0 Å². The van der Waals surface area contributed by atoms with Gasteiger partial charge in [-0.3, -0.25) is 14.4 Å². The van der Waals surface area contributed by atoms with Crippen LogP contribution in [0.25, 0.3) is 0 Å². The minimum absolute atomic E-state index is 0.182. The number of carboxylic acids is 1. The molecule has 16 heavy (non-hydrogen) atoms. The van der Waals surface area contributed by atoms with Crippen molar-refractivity contribution in [3.05, 3.63) is 17.5 Å². The summed E-state index contributed by atoms with van der Waals surface area (Å²) in [7, 11) is 1.93. The summed E-state index contributed by atoms with van der Waals surface area (Å²) in [4.78, 5) is 12.8. The van der Waals surface area contributed by atoms with E-state index >= 15 is 0 Å². The average molecular weight is 223 g/mol. The molecule has 1 saturated heterocycles. The number of carbonyl (C=O) groups is 1. The number of aryl methyl sites for hydroxylation is 2. The zero-order valence-corrected chi connectivity index (χ0v) is 9.68. The van der Waals surface area contributed by atoms with E-state index in [1.807, 2.05) is 11.7 Å². The maximum Gasteiger partial charge on any atom is 0.309 e. The lowest BCUT2D eigenvalue weighted by Gasteiger charge is -2.36. The Labute approximate surface area is 94.7 Å². The predicted octanol–water partition coefficient (Wildman–Crippen LogP) is 0.499. The highest BCUT2D eigenvalue weighted by atomic mass is 16.4. The summed E-state index contributed by atoms with van der Waals surface area (Å²) in [5.41, 5.74) is 2.24. The largest absolute Gasteiger partial charge is 0.481 e. The molecular weight excluding hydrogens is 206 g/mol. The van der Waals surface area contributed by atoms with Gasteiger partial charge in [0.1, 0.15) is 0 Å². The molecule has 1 aromatic rings. The summed E-state index contributed by atoms with van der Waals surface area (Å²) < 4.78 is 1.88. The predicted molar refractivity (Wildman–Crippen MR) is 59.0 cm³/mol. The van der Waals surface area contributed by atoms with E-state index in [1.165, 1.54) is 0 Å². The molecule has 0 aromatic carbocycles. The fourth-order valence-electron chi connectivity index (χ4n) is 1.98. The van der Waals surface area contributed by atoms with E-state index in [2.05, 4.69) is 23.0 Å². The molecule has 0 atom stereocenters. The first-order chi connectivity index (χ1) is 7.60. The molecule has 1 aliphatic rings. The second-order valence-corrected chi connectivity index (χ2v) is 4.33. The van der Waals surface area contributed by atoms with E-state index in [1.54, 1.807) is 0 Å². The summed E-state index contributed by atoms with van der Waals surface area (Å²) in [5.74, 6) is -0.866. The van der Waals surface area contributed by atoms with Crippen molar-refractivity contribution in [1.29, 1.82) is 0 Å². The fourth-order valence-corrected chi connectivity index (χ4v) is 1.98. The molecule has 0 saturated carbocycles. The number of carboxylic acid groups (broad SMARTS) is 1. The number of hydrogen-bond donors (Lipinski definition) is 1. The van der Waals surface area contributed by atoms with E-state index in [0.29, 0.717) is 13.1 Å². The Morgan fingerprint density at radius 3 is 2.81 bits per heavy atom. The zero-order valence-electron chi connectivity index (χ0n) is 9.68. The molecule has 0 bridgehead atoms. The molecule has 1 fully saturated rings. The quantitative estimate of drug-likeness (QED) is 0.807. The van der Waals surface area contributed by atoms with E-state index < -0.39 is 5.97 Å². The van der Waals surface area contributed by atoms with Gasteiger partial charge in [-0.2, -0.15) is 5.10 Å². The van der Waals surface area contributed by atoms with Gasteiger partial charge in [0.25, 0.3) is 0 Å². The van der Waals surface area contributed by atoms with Gasteiger partial charge in [0, 0.05) is 26.7 Å². The number of rotatable bonds is 4. The van der Waals surface area contributed by atoms with Crippen molar-refractivity contribution < 1.29 is 9.90 Å². The van der Waals surface area contributed by atoms with Crippen LogP contribution in [-0.2, 0) is 24.8 Å². The zero-order chi connectivity index (χ0) is 11.7. The van der Waals surface area contributed by atoms with Gasteiger partial charge in [-0.1, -0.05) is 6.92 Å². The first kappa shape index (κ1) is 11.1. The molecule has 0 unspecified atom stereocenters. The van der Waals surface area contributed by atoms with Gasteiger partial charge in [-0.15, -0.1) is 0 Å².